The molecule has 0 saturated heterocycles. The first-order chi connectivity index (χ1) is 11.2. The highest BCUT2D eigenvalue weighted by Gasteiger charge is 2.19. The van der Waals surface area contributed by atoms with Gasteiger partial charge in [-0.2, -0.15) is 0 Å². The molecule has 2 aromatic rings. The van der Waals surface area contributed by atoms with Crippen LogP contribution in [0.4, 0.5) is 5.69 Å². The van der Waals surface area contributed by atoms with Crippen molar-refractivity contribution in [2.24, 2.45) is 0 Å². The lowest BCUT2D eigenvalue weighted by Gasteiger charge is -2.25. The fourth-order valence-corrected chi connectivity index (χ4v) is 3.57. The molecule has 0 unspecified atom stereocenters. The van der Waals surface area contributed by atoms with Gasteiger partial charge in [0, 0.05) is 18.8 Å². The normalized spacial score (nSPS) is 12.1. The molecule has 0 atom stereocenters. The van der Waals surface area contributed by atoms with E-state index in [1.807, 2.05) is 0 Å². The smallest absolute Gasteiger partial charge is 0.0372 e. The van der Waals surface area contributed by atoms with E-state index in [0.717, 1.165) is 6.42 Å². The second kappa shape index (κ2) is 7.21. The molecule has 0 aromatic heterocycles. The van der Waals surface area contributed by atoms with Gasteiger partial charge < -0.3 is 4.90 Å². The predicted octanol–water partition coefficient (Wildman–Crippen LogP) is 5.97. The maximum Gasteiger partial charge on any atom is 0.0372 e. The zero-order chi connectivity index (χ0) is 16.2. The molecule has 1 aliphatic carbocycles. The number of rotatable bonds is 7. The number of benzene rings is 2. The van der Waals surface area contributed by atoms with Crippen LogP contribution in [0.15, 0.2) is 36.4 Å². The van der Waals surface area contributed by atoms with Crippen molar-refractivity contribution in [2.75, 3.05) is 18.0 Å². The van der Waals surface area contributed by atoms with E-state index in [1.54, 1.807) is 0 Å². The number of hydrogen-bond donors (Lipinski definition) is 0. The summed E-state index contributed by atoms with van der Waals surface area (Å²) in [5.41, 5.74) is 8.64. The molecule has 0 saturated carbocycles. The molecular weight excluding hydrogens is 278 g/mol. The maximum absolute atomic E-state index is 2.58. The minimum absolute atomic E-state index is 1.09. The van der Waals surface area contributed by atoms with Gasteiger partial charge in [-0.3, -0.25) is 0 Å². The lowest BCUT2D eigenvalue weighted by Crippen LogP contribution is -2.25. The largest absolute Gasteiger partial charge is 0.372 e. The maximum atomic E-state index is 2.58. The van der Waals surface area contributed by atoms with Gasteiger partial charge in [-0.25, -0.2) is 0 Å². The van der Waals surface area contributed by atoms with E-state index in [0.29, 0.717) is 0 Å². The van der Waals surface area contributed by atoms with Crippen molar-refractivity contribution in [3.05, 3.63) is 53.1 Å². The van der Waals surface area contributed by atoms with Crippen LogP contribution >= 0.6 is 0 Å². The third-order valence-corrected chi connectivity index (χ3v) is 4.95. The topological polar surface area (TPSA) is 3.24 Å². The molecule has 0 spiro atoms. The summed E-state index contributed by atoms with van der Waals surface area (Å²) in [7, 11) is 0. The molecule has 1 aliphatic rings. The number of fused-ring (bicyclic) bond motifs is 3. The number of aryl methyl sites for hydroxylation is 1. The molecule has 0 radical (unpaired) electrons. The summed E-state index contributed by atoms with van der Waals surface area (Å²) >= 11 is 0. The van der Waals surface area contributed by atoms with Gasteiger partial charge in [-0.1, -0.05) is 56.5 Å². The minimum Gasteiger partial charge on any atom is -0.372 e. The Morgan fingerprint density at radius 3 is 2.26 bits per heavy atom. The lowest BCUT2D eigenvalue weighted by molar-refractivity contribution is 0.678. The average Bonchev–Trinajstić information content (AvgIpc) is 2.91. The van der Waals surface area contributed by atoms with Crippen LogP contribution in [-0.4, -0.2) is 13.1 Å². The molecule has 122 valence electrons. The summed E-state index contributed by atoms with van der Waals surface area (Å²) in [5, 5.41) is 0. The summed E-state index contributed by atoms with van der Waals surface area (Å²) in [6, 6.07) is 14.0. The quantitative estimate of drug-likeness (QED) is 0.519. The zero-order valence-electron chi connectivity index (χ0n) is 14.9. The zero-order valence-corrected chi connectivity index (χ0v) is 14.9. The molecule has 0 bridgehead atoms. The fourth-order valence-electron chi connectivity index (χ4n) is 3.57. The van der Waals surface area contributed by atoms with Crippen molar-refractivity contribution in [1.29, 1.82) is 0 Å². The van der Waals surface area contributed by atoms with Crippen molar-refractivity contribution in [1.82, 2.24) is 0 Å². The van der Waals surface area contributed by atoms with Gasteiger partial charge in [0.15, 0.2) is 0 Å². The van der Waals surface area contributed by atoms with Gasteiger partial charge in [-0.15, -0.1) is 0 Å². The molecule has 2 aromatic carbocycles. The van der Waals surface area contributed by atoms with Crippen LogP contribution in [-0.2, 0) is 6.42 Å². The molecule has 0 heterocycles. The van der Waals surface area contributed by atoms with Crippen LogP contribution in [0.2, 0.25) is 0 Å². The van der Waals surface area contributed by atoms with Gasteiger partial charge in [0.25, 0.3) is 0 Å². The summed E-state index contributed by atoms with van der Waals surface area (Å²) in [4.78, 5) is 2.58. The van der Waals surface area contributed by atoms with Gasteiger partial charge in [0.2, 0.25) is 0 Å². The summed E-state index contributed by atoms with van der Waals surface area (Å²) in [5.74, 6) is 0. The van der Waals surface area contributed by atoms with Gasteiger partial charge >= 0.3 is 0 Å². The highest BCUT2D eigenvalue weighted by Crippen LogP contribution is 2.39. The van der Waals surface area contributed by atoms with Gasteiger partial charge in [0.1, 0.15) is 0 Å². The first kappa shape index (κ1) is 16.1. The Morgan fingerprint density at radius 1 is 0.826 bits per heavy atom. The van der Waals surface area contributed by atoms with Crippen LogP contribution in [0.25, 0.3) is 11.1 Å². The molecule has 0 N–H and O–H groups in total. The first-order valence-corrected chi connectivity index (χ1v) is 9.20. The van der Waals surface area contributed by atoms with Crippen molar-refractivity contribution in [3.63, 3.8) is 0 Å². The van der Waals surface area contributed by atoms with Crippen LogP contribution in [0.3, 0.4) is 0 Å². The van der Waals surface area contributed by atoms with E-state index < -0.39 is 0 Å². The average molecular weight is 307 g/mol. The molecular formula is C22H29N. The van der Waals surface area contributed by atoms with Gasteiger partial charge in [-0.05, 0) is 60.6 Å². The number of anilines is 1. The third kappa shape index (κ3) is 3.44. The second-order valence-electron chi connectivity index (χ2n) is 6.87. The number of unbranched alkanes of at least 4 members (excludes halogenated alkanes) is 2. The van der Waals surface area contributed by atoms with E-state index in [-0.39, 0.29) is 0 Å². The molecule has 0 amide bonds. The Kier molecular flexibility index (Phi) is 5.05. The Bertz CT molecular complexity index is 664. The summed E-state index contributed by atoms with van der Waals surface area (Å²) in [6.07, 6.45) is 6.16. The van der Waals surface area contributed by atoms with Crippen molar-refractivity contribution >= 4 is 5.69 Å². The van der Waals surface area contributed by atoms with Crippen molar-refractivity contribution < 1.29 is 0 Å². The molecule has 1 heteroatoms. The van der Waals surface area contributed by atoms with Crippen LogP contribution in [0.1, 0.15) is 56.2 Å². The third-order valence-electron chi connectivity index (χ3n) is 4.95. The molecule has 3 rings (SSSR count). The first-order valence-electron chi connectivity index (χ1n) is 9.20. The highest BCUT2D eigenvalue weighted by molar-refractivity contribution is 5.80. The van der Waals surface area contributed by atoms with E-state index >= 15 is 0 Å². The molecule has 0 aliphatic heterocycles. The van der Waals surface area contributed by atoms with Crippen LogP contribution in [0.5, 0.6) is 0 Å². The van der Waals surface area contributed by atoms with E-state index in [1.165, 1.54) is 72.3 Å². The summed E-state index contributed by atoms with van der Waals surface area (Å²) in [6.45, 7) is 9.09. The number of nitrogens with zero attached hydrogens (tertiary/aromatic N) is 1. The monoisotopic (exact) mass is 307 g/mol. The second-order valence-corrected chi connectivity index (χ2v) is 6.87. The van der Waals surface area contributed by atoms with Crippen molar-refractivity contribution in [2.45, 2.75) is 52.9 Å². The molecule has 0 fully saturated rings. The van der Waals surface area contributed by atoms with E-state index in [9.17, 15) is 0 Å². The van der Waals surface area contributed by atoms with Gasteiger partial charge in [0.05, 0.1) is 0 Å². The Labute approximate surface area is 141 Å². The van der Waals surface area contributed by atoms with Crippen LogP contribution in [0, 0.1) is 6.92 Å². The Morgan fingerprint density at radius 2 is 1.57 bits per heavy atom. The number of hydrogen-bond acceptors (Lipinski definition) is 1. The minimum atomic E-state index is 1.09. The van der Waals surface area contributed by atoms with Crippen molar-refractivity contribution in [3.8, 4) is 11.1 Å². The fraction of sp³-hybridized carbons (Fsp3) is 0.455. The standard InChI is InChI=1S/C22H29N/c1-4-6-12-23(13-7-5-2)20-10-9-18-15-19-14-17(3)8-11-21(19)22(18)16-20/h8-11,14,16H,4-7,12-13,15H2,1-3H3. The Hall–Kier alpha value is -1.76. The SMILES string of the molecule is CCCCN(CCCC)c1ccc2c(c1)-c1ccc(C)cc1C2. The predicted molar refractivity (Wildman–Crippen MR) is 101 cm³/mol. The highest BCUT2D eigenvalue weighted by atomic mass is 15.1. The van der Waals surface area contributed by atoms with E-state index in [2.05, 4.69) is 62.1 Å². The summed E-state index contributed by atoms with van der Waals surface area (Å²) < 4.78 is 0. The van der Waals surface area contributed by atoms with E-state index in [4.69, 9.17) is 0 Å². The molecule has 1 nitrogen and oxygen atoms in total. The lowest BCUT2D eigenvalue weighted by atomic mass is 10.0. The molecule has 23 heavy (non-hydrogen) atoms. The van der Waals surface area contributed by atoms with Crippen LogP contribution < -0.4 is 4.90 Å². The Balaban J connectivity index is 1.90.